The van der Waals surface area contributed by atoms with Crippen molar-refractivity contribution in [1.82, 2.24) is 0 Å². The second kappa shape index (κ2) is 6.20. The van der Waals surface area contributed by atoms with E-state index < -0.39 is 0 Å². The highest BCUT2D eigenvalue weighted by Crippen LogP contribution is 2.51. The Balaban J connectivity index is 1.80. The van der Waals surface area contributed by atoms with Crippen molar-refractivity contribution < 1.29 is 14.9 Å². The van der Waals surface area contributed by atoms with Gasteiger partial charge in [0, 0.05) is 29.3 Å². The number of rotatable bonds is 1. The first kappa shape index (κ1) is 17.2. The van der Waals surface area contributed by atoms with E-state index in [0.717, 1.165) is 30.7 Å². The van der Waals surface area contributed by atoms with Gasteiger partial charge in [0.15, 0.2) is 0 Å². The molecule has 0 spiro atoms. The normalized spacial score (nSPS) is 25.1. The van der Waals surface area contributed by atoms with Gasteiger partial charge in [-0.15, -0.1) is 0 Å². The highest BCUT2D eigenvalue weighted by atomic mass is 16.5. The summed E-state index contributed by atoms with van der Waals surface area (Å²) in [6.45, 7) is 7.42. The number of aromatic hydroxyl groups is 2. The van der Waals surface area contributed by atoms with E-state index in [-0.39, 0.29) is 35.0 Å². The van der Waals surface area contributed by atoms with Crippen molar-refractivity contribution in [2.75, 3.05) is 11.9 Å². The van der Waals surface area contributed by atoms with Gasteiger partial charge in [-0.1, -0.05) is 32.9 Å². The van der Waals surface area contributed by atoms with E-state index in [1.54, 1.807) is 12.1 Å². The van der Waals surface area contributed by atoms with E-state index in [2.05, 4.69) is 44.3 Å². The fourth-order valence-corrected chi connectivity index (χ4v) is 4.24. The summed E-state index contributed by atoms with van der Waals surface area (Å²) in [5.41, 5.74) is 4.37. The van der Waals surface area contributed by atoms with Gasteiger partial charge in [0.1, 0.15) is 11.5 Å². The lowest BCUT2D eigenvalue weighted by molar-refractivity contribution is -0.0383. The van der Waals surface area contributed by atoms with E-state index in [4.69, 9.17) is 4.74 Å². The molecule has 1 saturated heterocycles. The Bertz CT molecular complexity index is 825. The molecule has 0 saturated carbocycles. The molecule has 2 aliphatic heterocycles. The lowest BCUT2D eigenvalue weighted by atomic mass is 9.75. The van der Waals surface area contributed by atoms with Gasteiger partial charge in [0.25, 0.3) is 0 Å². The quantitative estimate of drug-likeness (QED) is 0.629. The summed E-state index contributed by atoms with van der Waals surface area (Å²) in [6, 6.07) is 11.2. The zero-order chi connectivity index (χ0) is 18.5. The number of hydrogen-bond acceptors (Lipinski definition) is 4. The Morgan fingerprint density at radius 1 is 1.04 bits per heavy atom. The van der Waals surface area contributed by atoms with Gasteiger partial charge in [-0.25, -0.2) is 0 Å². The SMILES string of the molecule is CC(C)(C)c1ccc2c(c1)[C@H]1OCCC[C@H]1[C@H](c1cc(O)ccc1O)N2. The second-order valence-electron chi connectivity index (χ2n) is 8.51. The van der Waals surface area contributed by atoms with Crippen molar-refractivity contribution in [1.29, 1.82) is 0 Å². The largest absolute Gasteiger partial charge is 0.508 e. The van der Waals surface area contributed by atoms with Crippen LogP contribution in [0.25, 0.3) is 0 Å². The maximum absolute atomic E-state index is 10.4. The van der Waals surface area contributed by atoms with Gasteiger partial charge in [-0.2, -0.15) is 0 Å². The topological polar surface area (TPSA) is 61.7 Å². The van der Waals surface area contributed by atoms with E-state index in [1.807, 2.05) is 0 Å². The third-order valence-electron chi connectivity index (χ3n) is 5.68. The monoisotopic (exact) mass is 353 g/mol. The Morgan fingerprint density at radius 3 is 2.62 bits per heavy atom. The minimum Gasteiger partial charge on any atom is -0.508 e. The van der Waals surface area contributed by atoms with Crippen molar-refractivity contribution in [2.24, 2.45) is 5.92 Å². The lowest BCUT2D eigenvalue weighted by Gasteiger charge is -2.44. The number of nitrogens with one attached hydrogen (secondary N) is 1. The maximum Gasteiger partial charge on any atom is 0.121 e. The molecule has 138 valence electrons. The maximum atomic E-state index is 10.4. The first-order valence-electron chi connectivity index (χ1n) is 9.39. The predicted octanol–water partition coefficient (Wildman–Crippen LogP) is 5.03. The number of phenols is 2. The van der Waals surface area contributed by atoms with Crippen molar-refractivity contribution in [3.05, 3.63) is 53.1 Å². The van der Waals surface area contributed by atoms with E-state index in [9.17, 15) is 10.2 Å². The Labute approximate surface area is 154 Å². The molecule has 4 heteroatoms. The summed E-state index contributed by atoms with van der Waals surface area (Å²) in [7, 11) is 0. The summed E-state index contributed by atoms with van der Waals surface area (Å²) < 4.78 is 6.21. The molecular weight excluding hydrogens is 326 g/mol. The molecule has 0 aromatic heterocycles. The zero-order valence-corrected chi connectivity index (χ0v) is 15.6. The molecule has 2 aliphatic rings. The van der Waals surface area contributed by atoms with Gasteiger partial charge in [-0.05, 0) is 48.1 Å². The summed E-state index contributed by atoms with van der Waals surface area (Å²) in [5, 5.41) is 23.9. The molecule has 0 radical (unpaired) electrons. The number of anilines is 1. The van der Waals surface area contributed by atoms with Crippen LogP contribution in [-0.4, -0.2) is 16.8 Å². The van der Waals surface area contributed by atoms with Crippen LogP contribution in [0.5, 0.6) is 11.5 Å². The minimum atomic E-state index is -0.0830. The molecule has 0 unspecified atom stereocenters. The van der Waals surface area contributed by atoms with Gasteiger partial charge in [-0.3, -0.25) is 0 Å². The summed E-state index contributed by atoms with van der Waals surface area (Å²) in [4.78, 5) is 0. The van der Waals surface area contributed by atoms with Crippen LogP contribution in [0.2, 0.25) is 0 Å². The molecule has 0 amide bonds. The molecule has 2 aromatic carbocycles. The van der Waals surface area contributed by atoms with Crippen LogP contribution >= 0.6 is 0 Å². The average Bonchev–Trinajstić information content (AvgIpc) is 2.62. The van der Waals surface area contributed by atoms with Crippen LogP contribution in [0.3, 0.4) is 0 Å². The highest BCUT2D eigenvalue weighted by Gasteiger charge is 2.41. The third kappa shape index (κ3) is 2.92. The number of ether oxygens (including phenoxy) is 1. The molecule has 4 rings (SSSR count). The standard InChI is InChI=1S/C22H27NO3/c1-22(2,3)13-6-8-18-16(11-13)21-15(5-4-10-26-21)20(23-18)17-12-14(24)7-9-19(17)25/h6-9,11-12,15,20-21,23-25H,4-5,10H2,1-3H3/t15-,20+,21-/m0/s1. The Hall–Kier alpha value is -2.20. The molecule has 3 N–H and O–H groups in total. The van der Waals surface area contributed by atoms with E-state index >= 15 is 0 Å². The lowest BCUT2D eigenvalue weighted by Crippen LogP contribution is -2.36. The molecule has 1 fully saturated rings. The molecule has 26 heavy (non-hydrogen) atoms. The first-order valence-corrected chi connectivity index (χ1v) is 9.39. The van der Waals surface area contributed by atoms with E-state index in [1.165, 1.54) is 17.2 Å². The third-order valence-corrected chi connectivity index (χ3v) is 5.68. The average molecular weight is 353 g/mol. The van der Waals surface area contributed by atoms with Crippen molar-refractivity contribution in [3.8, 4) is 11.5 Å². The molecule has 4 nitrogen and oxygen atoms in total. The van der Waals surface area contributed by atoms with Crippen molar-refractivity contribution in [3.63, 3.8) is 0 Å². The van der Waals surface area contributed by atoms with Gasteiger partial charge >= 0.3 is 0 Å². The smallest absolute Gasteiger partial charge is 0.121 e. The van der Waals surface area contributed by atoms with Crippen LogP contribution in [-0.2, 0) is 10.2 Å². The molecule has 3 atom stereocenters. The van der Waals surface area contributed by atoms with Crippen LogP contribution in [0, 0.1) is 5.92 Å². The van der Waals surface area contributed by atoms with Gasteiger partial charge in [0.05, 0.1) is 12.1 Å². The van der Waals surface area contributed by atoms with Crippen LogP contribution in [0.15, 0.2) is 36.4 Å². The number of hydrogen-bond donors (Lipinski definition) is 3. The minimum absolute atomic E-state index is 0.00838. The van der Waals surface area contributed by atoms with Crippen molar-refractivity contribution >= 4 is 5.69 Å². The molecule has 0 aliphatic carbocycles. The summed E-state index contributed by atoms with van der Waals surface area (Å²) in [5.74, 6) is 0.598. The van der Waals surface area contributed by atoms with Crippen molar-refractivity contribution in [2.45, 2.75) is 51.2 Å². The number of benzene rings is 2. The highest BCUT2D eigenvalue weighted by molar-refractivity contribution is 5.60. The zero-order valence-electron chi connectivity index (χ0n) is 15.6. The number of phenolic OH excluding ortho intramolecular Hbond substituents is 2. The van der Waals surface area contributed by atoms with Crippen LogP contribution in [0.4, 0.5) is 5.69 Å². The second-order valence-corrected chi connectivity index (χ2v) is 8.51. The van der Waals surface area contributed by atoms with Gasteiger partial charge < -0.3 is 20.3 Å². The fraction of sp³-hybridized carbons (Fsp3) is 0.455. The van der Waals surface area contributed by atoms with Crippen LogP contribution in [0.1, 0.15) is 62.4 Å². The molecule has 2 aromatic rings. The first-order chi connectivity index (χ1) is 12.3. The Kier molecular flexibility index (Phi) is 4.11. The van der Waals surface area contributed by atoms with Crippen LogP contribution < -0.4 is 5.32 Å². The van der Waals surface area contributed by atoms with E-state index in [0.29, 0.717) is 0 Å². The summed E-state index contributed by atoms with van der Waals surface area (Å²) in [6.07, 6.45) is 2.04. The molecule has 2 heterocycles. The molecule has 0 bridgehead atoms. The van der Waals surface area contributed by atoms with Gasteiger partial charge in [0.2, 0.25) is 0 Å². The predicted molar refractivity (Wildman–Crippen MR) is 103 cm³/mol. The Morgan fingerprint density at radius 2 is 1.85 bits per heavy atom. The molecular formula is C22H27NO3. The fourth-order valence-electron chi connectivity index (χ4n) is 4.24. The number of fused-ring (bicyclic) bond motifs is 3. The summed E-state index contributed by atoms with van der Waals surface area (Å²) >= 11 is 0.